The molecule has 4 aliphatic rings. The molecule has 0 radical (unpaired) electrons. The summed E-state index contributed by atoms with van der Waals surface area (Å²) in [5.74, 6) is 4.82. The van der Waals surface area contributed by atoms with Crippen molar-refractivity contribution < 1.29 is 4.57 Å². The van der Waals surface area contributed by atoms with Crippen LogP contribution in [0.3, 0.4) is 0 Å². The van der Waals surface area contributed by atoms with Crippen molar-refractivity contribution in [2.24, 2.45) is 23.7 Å². The summed E-state index contributed by atoms with van der Waals surface area (Å²) in [4.78, 5) is 15.6. The van der Waals surface area contributed by atoms with Crippen molar-refractivity contribution in [2.45, 2.75) is 37.5 Å². The summed E-state index contributed by atoms with van der Waals surface area (Å²) in [5, 5.41) is 7.82. The summed E-state index contributed by atoms with van der Waals surface area (Å²) >= 11 is 0. The lowest BCUT2D eigenvalue weighted by atomic mass is 9.42. The Balaban J connectivity index is 0.921. The molecule has 0 spiro atoms. The van der Waals surface area contributed by atoms with E-state index in [9.17, 15) is 4.57 Å². The first-order valence-electron chi connectivity index (χ1n) is 24.4. The molecule has 4 bridgehead atoms. The zero-order valence-electron chi connectivity index (χ0n) is 38.5. The Hall–Kier alpha value is -7.00. The van der Waals surface area contributed by atoms with E-state index in [0.717, 1.165) is 66.3 Å². The van der Waals surface area contributed by atoms with E-state index in [1.165, 1.54) is 65.3 Å². The molecule has 0 unspecified atom stereocenters. The van der Waals surface area contributed by atoms with Gasteiger partial charge in [-0.1, -0.05) is 188 Å². The summed E-state index contributed by atoms with van der Waals surface area (Å²) in [5.41, 5.74) is 10.4. The summed E-state index contributed by atoms with van der Waals surface area (Å²) in [6.07, 6.45) is 6.55. The third kappa shape index (κ3) is 6.79. The SMILES string of the molecule is CP(C)(=O)c1c2ccccc2c(-c2ccc(C3(c4ccc(-c5nc(-c6ccc(-c7ccccc7)cc6)nc(-c6ccc7ccccc7c6)n5)cc4)C4CC5CC(C4)CC3C5)cc2)c2ccccc12. The van der Waals surface area contributed by atoms with Crippen LogP contribution < -0.4 is 5.30 Å². The Bertz CT molecular complexity index is 3530. The van der Waals surface area contributed by atoms with Crippen molar-refractivity contribution in [3.8, 4) is 56.4 Å². The quantitative estimate of drug-likeness (QED) is 0.113. The van der Waals surface area contributed by atoms with Crippen LogP contribution in [0, 0.1) is 23.7 Å². The van der Waals surface area contributed by atoms with Crippen LogP contribution >= 0.6 is 7.14 Å². The zero-order valence-corrected chi connectivity index (χ0v) is 39.4. The van der Waals surface area contributed by atoms with Gasteiger partial charge in [0.1, 0.15) is 7.14 Å². The lowest BCUT2D eigenvalue weighted by molar-refractivity contribution is -0.0418. The predicted octanol–water partition coefficient (Wildman–Crippen LogP) is 15.7. The van der Waals surface area contributed by atoms with E-state index >= 15 is 0 Å². The normalized spacial score (nSPS) is 20.9. The third-order valence-corrected chi connectivity index (χ3v) is 17.6. The van der Waals surface area contributed by atoms with Gasteiger partial charge in [0.25, 0.3) is 0 Å². The Morgan fingerprint density at radius 2 is 0.809 bits per heavy atom. The van der Waals surface area contributed by atoms with Crippen molar-refractivity contribution in [3.05, 3.63) is 205 Å². The number of hydrogen-bond acceptors (Lipinski definition) is 4. The number of fused-ring (bicyclic) bond motifs is 3. The van der Waals surface area contributed by atoms with Gasteiger partial charge in [0, 0.05) is 27.4 Å². The van der Waals surface area contributed by atoms with Crippen molar-refractivity contribution in [1.29, 1.82) is 0 Å². The molecule has 0 amide bonds. The maximum Gasteiger partial charge on any atom is 0.164 e. The van der Waals surface area contributed by atoms with Gasteiger partial charge in [0.2, 0.25) is 0 Å². The van der Waals surface area contributed by atoms with Gasteiger partial charge >= 0.3 is 0 Å². The standard InChI is InChI=1S/C63H52N3OP/c1-68(2,67)59-56-18-10-8-16-54(56)58(55-17-9-11-19-57(55)59)45-26-30-50(31-27-45)63(52-35-40-34-41(37-52)38-53(63)36-40)51-32-28-47(29-33-51)61-64-60(46-23-20-44(21-24-46)42-12-4-3-5-13-42)65-62(66-61)49-25-22-43-14-6-7-15-48(43)39-49/h3-33,39-41,52-53H,34-38H2,1-2H3. The van der Waals surface area contributed by atoms with Crippen molar-refractivity contribution in [2.75, 3.05) is 13.3 Å². The number of nitrogens with zero attached hydrogens (tertiary/aromatic N) is 3. The molecule has 10 aromatic rings. The van der Waals surface area contributed by atoms with Crippen molar-refractivity contribution >= 4 is 44.8 Å². The molecule has 1 heterocycles. The molecule has 4 aliphatic carbocycles. The highest BCUT2D eigenvalue weighted by atomic mass is 31.2. The predicted molar refractivity (Wildman–Crippen MR) is 283 cm³/mol. The topological polar surface area (TPSA) is 55.7 Å². The van der Waals surface area contributed by atoms with Crippen LogP contribution in [0.5, 0.6) is 0 Å². The van der Waals surface area contributed by atoms with Gasteiger partial charge in [-0.2, -0.15) is 0 Å². The average molecular weight is 898 g/mol. The summed E-state index contributed by atoms with van der Waals surface area (Å²) in [6, 6.07) is 70.2. The zero-order chi connectivity index (χ0) is 45.6. The van der Waals surface area contributed by atoms with Crippen LogP contribution in [0.2, 0.25) is 0 Å². The molecule has 0 aliphatic heterocycles. The van der Waals surface area contributed by atoms with Crippen LogP contribution in [0.4, 0.5) is 0 Å². The van der Waals surface area contributed by atoms with E-state index < -0.39 is 7.14 Å². The molecule has 0 N–H and O–H groups in total. The molecule has 330 valence electrons. The largest absolute Gasteiger partial charge is 0.319 e. The molecule has 68 heavy (non-hydrogen) atoms. The van der Waals surface area contributed by atoms with Gasteiger partial charge in [-0.3, -0.25) is 0 Å². The van der Waals surface area contributed by atoms with Crippen LogP contribution in [0.15, 0.2) is 194 Å². The minimum atomic E-state index is -2.59. The van der Waals surface area contributed by atoms with Gasteiger partial charge in [-0.05, 0) is 141 Å². The molecule has 9 aromatic carbocycles. The fraction of sp³-hybridized carbons (Fsp3) is 0.190. The Morgan fingerprint density at radius 1 is 0.397 bits per heavy atom. The average Bonchev–Trinajstić information content (AvgIpc) is 3.38. The maximum absolute atomic E-state index is 13.9. The molecular formula is C63H52N3OP. The van der Waals surface area contributed by atoms with Gasteiger partial charge in [-0.15, -0.1) is 0 Å². The fourth-order valence-corrected chi connectivity index (χ4v) is 14.9. The number of rotatable bonds is 8. The first-order valence-corrected chi connectivity index (χ1v) is 27.0. The summed E-state index contributed by atoms with van der Waals surface area (Å²) < 4.78 is 13.9. The lowest BCUT2D eigenvalue weighted by Crippen LogP contribution is -2.56. The molecule has 1 aromatic heterocycles. The Kier molecular flexibility index (Phi) is 9.74. The number of hydrogen-bond donors (Lipinski definition) is 0. The van der Waals surface area contributed by atoms with Crippen molar-refractivity contribution in [1.82, 2.24) is 15.0 Å². The second-order valence-electron chi connectivity index (χ2n) is 20.3. The second kappa shape index (κ2) is 16.1. The van der Waals surface area contributed by atoms with Crippen LogP contribution in [-0.2, 0) is 9.98 Å². The van der Waals surface area contributed by atoms with E-state index in [4.69, 9.17) is 15.0 Å². The Morgan fingerprint density at radius 3 is 1.35 bits per heavy atom. The van der Waals surface area contributed by atoms with Crippen LogP contribution in [0.1, 0.15) is 43.2 Å². The molecular weight excluding hydrogens is 846 g/mol. The molecule has 0 saturated heterocycles. The summed E-state index contributed by atoms with van der Waals surface area (Å²) in [6.45, 7) is 3.81. The highest BCUT2D eigenvalue weighted by Gasteiger charge is 2.58. The fourth-order valence-electron chi connectivity index (χ4n) is 13.4. The second-order valence-corrected chi connectivity index (χ2v) is 23.5. The smallest absolute Gasteiger partial charge is 0.164 e. The minimum Gasteiger partial charge on any atom is -0.319 e. The van der Waals surface area contributed by atoms with Crippen LogP contribution in [-0.4, -0.2) is 28.3 Å². The van der Waals surface area contributed by atoms with Crippen molar-refractivity contribution in [3.63, 3.8) is 0 Å². The number of aromatic nitrogens is 3. The van der Waals surface area contributed by atoms with E-state index in [0.29, 0.717) is 29.3 Å². The molecule has 4 saturated carbocycles. The van der Waals surface area contributed by atoms with Gasteiger partial charge in [0.05, 0.1) is 0 Å². The van der Waals surface area contributed by atoms with Crippen LogP contribution in [0.25, 0.3) is 88.7 Å². The van der Waals surface area contributed by atoms with E-state index in [1.807, 2.05) is 13.3 Å². The highest BCUT2D eigenvalue weighted by Crippen LogP contribution is 2.65. The maximum atomic E-state index is 13.9. The first kappa shape index (κ1) is 41.2. The first-order chi connectivity index (χ1) is 33.3. The van der Waals surface area contributed by atoms with E-state index in [2.05, 4.69) is 194 Å². The number of benzene rings is 9. The third-order valence-electron chi connectivity index (χ3n) is 16.0. The molecule has 5 heteroatoms. The monoisotopic (exact) mass is 897 g/mol. The van der Waals surface area contributed by atoms with Gasteiger partial charge in [0.15, 0.2) is 17.5 Å². The highest BCUT2D eigenvalue weighted by molar-refractivity contribution is 7.71. The molecule has 4 nitrogen and oxygen atoms in total. The minimum absolute atomic E-state index is 0.0868. The Labute approximate surface area is 398 Å². The van der Waals surface area contributed by atoms with E-state index in [-0.39, 0.29) is 5.41 Å². The lowest BCUT2D eigenvalue weighted by Gasteiger charge is -2.62. The molecule has 14 rings (SSSR count). The van der Waals surface area contributed by atoms with E-state index in [1.54, 1.807) is 0 Å². The van der Waals surface area contributed by atoms with Gasteiger partial charge in [-0.25, -0.2) is 15.0 Å². The van der Waals surface area contributed by atoms with Gasteiger partial charge < -0.3 is 4.57 Å². The molecule has 0 atom stereocenters. The molecule has 4 fully saturated rings. The summed E-state index contributed by atoms with van der Waals surface area (Å²) in [7, 11) is -2.59.